The SMILES string of the molecule is CC(C)(C)c1ccc2oc(CCC3CCNCC3)nc2c1. The minimum atomic E-state index is 0.155. The van der Waals surface area contributed by atoms with Gasteiger partial charge in [0.05, 0.1) is 0 Å². The van der Waals surface area contributed by atoms with E-state index < -0.39 is 0 Å². The van der Waals surface area contributed by atoms with Gasteiger partial charge < -0.3 is 9.73 Å². The molecule has 1 aliphatic heterocycles. The first-order valence-corrected chi connectivity index (χ1v) is 8.13. The fourth-order valence-corrected chi connectivity index (χ4v) is 3.05. The summed E-state index contributed by atoms with van der Waals surface area (Å²) in [4.78, 5) is 4.69. The van der Waals surface area contributed by atoms with Gasteiger partial charge in [-0.1, -0.05) is 26.8 Å². The molecule has 0 amide bonds. The molecule has 3 rings (SSSR count). The number of nitrogens with zero attached hydrogens (tertiary/aromatic N) is 1. The van der Waals surface area contributed by atoms with E-state index in [1.165, 1.54) is 24.8 Å². The second kappa shape index (κ2) is 5.80. The summed E-state index contributed by atoms with van der Waals surface area (Å²) in [6.45, 7) is 9.01. The molecule has 0 unspecified atom stereocenters. The summed E-state index contributed by atoms with van der Waals surface area (Å²) in [7, 11) is 0. The molecule has 1 aromatic heterocycles. The predicted octanol–water partition coefficient (Wildman–Crippen LogP) is 4.06. The van der Waals surface area contributed by atoms with Crippen LogP contribution >= 0.6 is 0 Å². The molecule has 0 radical (unpaired) electrons. The summed E-state index contributed by atoms with van der Waals surface area (Å²) in [6, 6.07) is 6.40. The minimum absolute atomic E-state index is 0.155. The summed E-state index contributed by atoms with van der Waals surface area (Å²) in [6.07, 6.45) is 4.73. The van der Waals surface area contributed by atoms with E-state index in [-0.39, 0.29) is 5.41 Å². The first-order valence-electron chi connectivity index (χ1n) is 8.13. The number of benzene rings is 1. The molecule has 0 spiro atoms. The standard InChI is InChI=1S/C18H26N2O/c1-18(2,3)14-5-6-16-15(12-14)20-17(21-16)7-4-13-8-10-19-11-9-13/h5-6,12-13,19H,4,7-11H2,1-3H3. The van der Waals surface area contributed by atoms with E-state index in [1.54, 1.807) is 0 Å². The van der Waals surface area contributed by atoms with Crippen LogP contribution in [0.2, 0.25) is 0 Å². The van der Waals surface area contributed by atoms with Crippen LogP contribution in [0.3, 0.4) is 0 Å². The lowest BCUT2D eigenvalue weighted by Crippen LogP contribution is -2.27. The quantitative estimate of drug-likeness (QED) is 0.924. The van der Waals surface area contributed by atoms with Crippen molar-refractivity contribution in [1.29, 1.82) is 0 Å². The molecule has 0 aliphatic carbocycles. The molecule has 1 fully saturated rings. The molecule has 2 aromatic rings. The van der Waals surface area contributed by atoms with Crippen LogP contribution < -0.4 is 5.32 Å². The smallest absolute Gasteiger partial charge is 0.195 e. The second-order valence-electron chi connectivity index (χ2n) is 7.27. The molecule has 0 saturated carbocycles. The molecule has 1 aliphatic rings. The van der Waals surface area contributed by atoms with Gasteiger partial charge in [0.15, 0.2) is 11.5 Å². The minimum Gasteiger partial charge on any atom is -0.441 e. The van der Waals surface area contributed by atoms with Gasteiger partial charge in [0, 0.05) is 6.42 Å². The summed E-state index contributed by atoms with van der Waals surface area (Å²) in [5.74, 6) is 1.72. The van der Waals surface area contributed by atoms with Crippen LogP contribution in [-0.2, 0) is 11.8 Å². The maximum absolute atomic E-state index is 5.90. The van der Waals surface area contributed by atoms with Crippen molar-refractivity contribution in [2.75, 3.05) is 13.1 Å². The Morgan fingerprint density at radius 1 is 1.24 bits per heavy atom. The van der Waals surface area contributed by atoms with E-state index in [2.05, 4.69) is 49.3 Å². The van der Waals surface area contributed by atoms with E-state index in [0.717, 1.165) is 42.4 Å². The van der Waals surface area contributed by atoms with Crippen LogP contribution in [0.1, 0.15) is 51.5 Å². The molecule has 114 valence electrons. The van der Waals surface area contributed by atoms with Gasteiger partial charge in [-0.05, 0) is 61.4 Å². The number of hydrogen-bond acceptors (Lipinski definition) is 3. The number of rotatable bonds is 3. The fourth-order valence-electron chi connectivity index (χ4n) is 3.05. The van der Waals surface area contributed by atoms with E-state index in [9.17, 15) is 0 Å². The summed E-state index contributed by atoms with van der Waals surface area (Å²) in [5, 5.41) is 3.42. The topological polar surface area (TPSA) is 38.1 Å². The maximum Gasteiger partial charge on any atom is 0.195 e. The molecular weight excluding hydrogens is 260 g/mol. The van der Waals surface area contributed by atoms with Crippen molar-refractivity contribution in [2.45, 2.75) is 51.9 Å². The number of fused-ring (bicyclic) bond motifs is 1. The molecule has 3 heteroatoms. The van der Waals surface area contributed by atoms with Gasteiger partial charge in [0.25, 0.3) is 0 Å². The third-order valence-electron chi connectivity index (χ3n) is 4.52. The Balaban J connectivity index is 1.71. The van der Waals surface area contributed by atoms with Crippen LogP contribution in [0.15, 0.2) is 22.6 Å². The number of aryl methyl sites for hydroxylation is 1. The largest absolute Gasteiger partial charge is 0.441 e. The predicted molar refractivity (Wildman–Crippen MR) is 86.6 cm³/mol. The van der Waals surface area contributed by atoms with Gasteiger partial charge >= 0.3 is 0 Å². The molecule has 1 aromatic carbocycles. The van der Waals surface area contributed by atoms with E-state index in [0.29, 0.717) is 0 Å². The van der Waals surface area contributed by atoms with Gasteiger partial charge in [0.2, 0.25) is 0 Å². The number of oxazole rings is 1. The van der Waals surface area contributed by atoms with Crippen molar-refractivity contribution in [3.05, 3.63) is 29.7 Å². The zero-order valence-corrected chi connectivity index (χ0v) is 13.4. The second-order valence-corrected chi connectivity index (χ2v) is 7.27. The monoisotopic (exact) mass is 286 g/mol. The van der Waals surface area contributed by atoms with Gasteiger partial charge in [0.1, 0.15) is 5.52 Å². The first-order chi connectivity index (χ1) is 10.0. The molecule has 2 heterocycles. The Kier molecular flexibility index (Phi) is 4.03. The van der Waals surface area contributed by atoms with Gasteiger partial charge in [-0.15, -0.1) is 0 Å². The number of hydrogen-bond donors (Lipinski definition) is 1. The van der Waals surface area contributed by atoms with Crippen molar-refractivity contribution in [1.82, 2.24) is 10.3 Å². The van der Waals surface area contributed by atoms with Crippen molar-refractivity contribution in [3.63, 3.8) is 0 Å². The fraction of sp³-hybridized carbons (Fsp3) is 0.611. The highest BCUT2D eigenvalue weighted by Crippen LogP contribution is 2.27. The lowest BCUT2D eigenvalue weighted by Gasteiger charge is -2.21. The number of nitrogens with one attached hydrogen (secondary N) is 1. The Morgan fingerprint density at radius 3 is 2.71 bits per heavy atom. The highest BCUT2D eigenvalue weighted by atomic mass is 16.3. The van der Waals surface area contributed by atoms with Crippen LogP contribution in [0, 0.1) is 5.92 Å². The average Bonchev–Trinajstić information content (AvgIpc) is 2.87. The average molecular weight is 286 g/mol. The summed E-state index contributed by atoms with van der Waals surface area (Å²) < 4.78 is 5.90. The van der Waals surface area contributed by atoms with Crippen LogP contribution in [0.25, 0.3) is 11.1 Å². The van der Waals surface area contributed by atoms with Crippen LogP contribution in [-0.4, -0.2) is 18.1 Å². The normalized spacial score (nSPS) is 17.5. The zero-order valence-electron chi connectivity index (χ0n) is 13.4. The Hall–Kier alpha value is -1.35. The first kappa shape index (κ1) is 14.6. The maximum atomic E-state index is 5.90. The summed E-state index contributed by atoms with van der Waals surface area (Å²) in [5.41, 5.74) is 3.39. The van der Waals surface area contributed by atoms with E-state index >= 15 is 0 Å². The number of piperidine rings is 1. The number of aromatic nitrogens is 1. The van der Waals surface area contributed by atoms with Crippen molar-refractivity contribution in [2.24, 2.45) is 5.92 Å². The molecule has 0 bridgehead atoms. The van der Waals surface area contributed by atoms with Crippen LogP contribution in [0.5, 0.6) is 0 Å². The molecule has 1 saturated heterocycles. The van der Waals surface area contributed by atoms with Crippen LogP contribution in [0.4, 0.5) is 0 Å². The van der Waals surface area contributed by atoms with E-state index in [4.69, 9.17) is 4.42 Å². The van der Waals surface area contributed by atoms with Crippen molar-refractivity contribution in [3.8, 4) is 0 Å². The van der Waals surface area contributed by atoms with Gasteiger partial charge in [-0.2, -0.15) is 0 Å². The Labute approximate surface area is 127 Å². The Bertz CT molecular complexity index is 603. The Morgan fingerprint density at radius 2 is 2.00 bits per heavy atom. The molecule has 1 N–H and O–H groups in total. The van der Waals surface area contributed by atoms with Gasteiger partial charge in [-0.3, -0.25) is 0 Å². The van der Waals surface area contributed by atoms with Crippen molar-refractivity contribution < 1.29 is 4.42 Å². The van der Waals surface area contributed by atoms with Crippen molar-refractivity contribution >= 4 is 11.1 Å². The lowest BCUT2D eigenvalue weighted by molar-refractivity contribution is 0.343. The highest BCUT2D eigenvalue weighted by molar-refractivity contribution is 5.73. The lowest BCUT2D eigenvalue weighted by atomic mass is 9.87. The van der Waals surface area contributed by atoms with Gasteiger partial charge in [-0.25, -0.2) is 4.98 Å². The molecule has 21 heavy (non-hydrogen) atoms. The third-order valence-corrected chi connectivity index (χ3v) is 4.52. The van der Waals surface area contributed by atoms with E-state index in [1.807, 2.05) is 0 Å². The molecule has 0 atom stereocenters. The zero-order chi connectivity index (χ0) is 14.9. The molecule has 3 nitrogen and oxygen atoms in total. The summed E-state index contributed by atoms with van der Waals surface area (Å²) >= 11 is 0. The highest BCUT2D eigenvalue weighted by Gasteiger charge is 2.17. The molecular formula is C18H26N2O. The third kappa shape index (κ3) is 3.46.